The zero-order chi connectivity index (χ0) is 14.4. The van der Waals surface area contributed by atoms with Crippen molar-refractivity contribution in [2.75, 3.05) is 25.5 Å². The van der Waals surface area contributed by atoms with E-state index in [1.165, 1.54) is 12.0 Å². The molecule has 1 aromatic rings. The smallest absolute Gasteiger partial charge is 0.106 e. The molecular formula is C15H25N3S. The second-order valence-electron chi connectivity index (χ2n) is 5.08. The largest absolute Gasteiger partial charge is 0.389 e. The van der Waals surface area contributed by atoms with Crippen LogP contribution in [-0.2, 0) is 0 Å². The highest BCUT2D eigenvalue weighted by Gasteiger charge is 2.08. The Morgan fingerprint density at radius 3 is 2.74 bits per heavy atom. The van der Waals surface area contributed by atoms with Crippen LogP contribution < -0.4 is 11.1 Å². The zero-order valence-corrected chi connectivity index (χ0v) is 13.2. The average molecular weight is 279 g/mol. The summed E-state index contributed by atoms with van der Waals surface area (Å²) in [7, 11) is 2.15. The lowest BCUT2D eigenvalue weighted by Crippen LogP contribution is -2.33. The van der Waals surface area contributed by atoms with E-state index in [1.54, 1.807) is 0 Å². The van der Waals surface area contributed by atoms with E-state index < -0.39 is 0 Å². The summed E-state index contributed by atoms with van der Waals surface area (Å²) in [6.45, 7) is 8.41. The molecule has 0 fully saturated rings. The van der Waals surface area contributed by atoms with Gasteiger partial charge in [0.2, 0.25) is 0 Å². The van der Waals surface area contributed by atoms with Crippen LogP contribution in [-0.4, -0.2) is 36.1 Å². The number of hydrogen-bond acceptors (Lipinski definition) is 3. The Balaban J connectivity index is 2.62. The number of likely N-dealkylation sites (N-methyl/N-ethyl adjacent to an activating group) is 1. The van der Waals surface area contributed by atoms with Gasteiger partial charge in [-0.25, -0.2) is 0 Å². The molecule has 1 atom stereocenters. The number of aryl methyl sites for hydroxylation is 1. The Hall–Kier alpha value is -1.13. The topological polar surface area (TPSA) is 41.3 Å². The maximum atomic E-state index is 5.75. The zero-order valence-electron chi connectivity index (χ0n) is 12.4. The minimum Gasteiger partial charge on any atom is -0.389 e. The highest BCUT2D eigenvalue weighted by molar-refractivity contribution is 7.80. The quantitative estimate of drug-likeness (QED) is 0.753. The van der Waals surface area contributed by atoms with Crippen molar-refractivity contribution < 1.29 is 0 Å². The van der Waals surface area contributed by atoms with E-state index in [-0.39, 0.29) is 0 Å². The van der Waals surface area contributed by atoms with Crippen molar-refractivity contribution in [2.24, 2.45) is 5.73 Å². The fraction of sp³-hybridized carbons (Fsp3) is 0.533. The Labute approximate surface area is 122 Å². The predicted molar refractivity (Wildman–Crippen MR) is 87.9 cm³/mol. The van der Waals surface area contributed by atoms with Crippen molar-refractivity contribution in [1.29, 1.82) is 0 Å². The summed E-state index contributed by atoms with van der Waals surface area (Å²) < 4.78 is 0. The minimum atomic E-state index is 0.442. The summed E-state index contributed by atoms with van der Waals surface area (Å²) in [5.41, 5.74) is 8.91. The van der Waals surface area contributed by atoms with Crippen molar-refractivity contribution in [3.8, 4) is 0 Å². The first-order valence-electron chi connectivity index (χ1n) is 6.80. The number of nitrogens with two attached hydrogens (primary N) is 1. The van der Waals surface area contributed by atoms with Crippen molar-refractivity contribution >= 4 is 22.9 Å². The summed E-state index contributed by atoms with van der Waals surface area (Å²) in [4.78, 5) is 2.79. The summed E-state index contributed by atoms with van der Waals surface area (Å²) in [5.74, 6) is 0. The van der Waals surface area contributed by atoms with Crippen LogP contribution in [0, 0.1) is 6.92 Å². The second kappa shape index (κ2) is 7.46. The molecule has 3 N–H and O–H groups in total. The van der Waals surface area contributed by atoms with Crippen LogP contribution in [0.15, 0.2) is 18.2 Å². The lowest BCUT2D eigenvalue weighted by atomic mass is 10.1. The lowest BCUT2D eigenvalue weighted by molar-refractivity contribution is 0.261. The lowest BCUT2D eigenvalue weighted by Gasteiger charge is -2.24. The monoisotopic (exact) mass is 279 g/mol. The molecule has 0 saturated heterocycles. The van der Waals surface area contributed by atoms with Gasteiger partial charge in [0.1, 0.15) is 4.99 Å². The molecule has 0 heterocycles. The molecule has 0 aromatic heterocycles. The van der Waals surface area contributed by atoms with E-state index in [4.69, 9.17) is 18.0 Å². The molecule has 4 heteroatoms. The van der Waals surface area contributed by atoms with Gasteiger partial charge in [-0.1, -0.05) is 25.2 Å². The fourth-order valence-electron chi connectivity index (χ4n) is 1.92. The highest BCUT2D eigenvalue weighted by Crippen LogP contribution is 2.17. The van der Waals surface area contributed by atoms with Gasteiger partial charge in [-0.2, -0.15) is 0 Å². The van der Waals surface area contributed by atoms with Crippen LogP contribution in [0.25, 0.3) is 0 Å². The third-order valence-electron chi connectivity index (χ3n) is 3.56. The van der Waals surface area contributed by atoms with E-state index in [9.17, 15) is 0 Å². The SMILES string of the molecule is CCC(C)N(C)CCNc1cc(C)ccc1C(N)=S. The van der Waals surface area contributed by atoms with Gasteiger partial charge in [0, 0.05) is 30.4 Å². The van der Waals surface area contributed by atoms with Crippen molar-refractivity contribution in [3.63, 3.8) is 0 Å². The second-order valence-corrected chi connectivity index (χ2v) is 5.52. The Kier molecular flexibility index (Phi) is 6.25. The van der Waals surface area contributed by atoms with Crippen molar-refractivity contribution in [2.45, 2.75) is 33.2 Å². The molecule has 1 rings (SSSR count). The summed E-state index contributed by atoms with van der Waals surface area (Å²) >= 11 is 5.08. The number of anilines is 1. The standard InChI is InChI=1S/C15H25N3S/c1-5-12(3)18(4)9-8-17-14-10-11(2)6-7-13(14)15(16)19/h6-7,10,12,17H,5,8-9H2,1-4H3,(H2,16,19). The molecule has 1 aromatic carbocycles. The number of hydrogen-bond donors (Lipinski definition) is 2. The van der Waals surface area contributed by atoms with Gasteiger partial charge in [-0.3, -0.25) is 0 Å². The molecule has 0 aliphatic heterocycles. The number of rotatable bonds is 7. The molecule has 0 saturated carbocycles. The van der Waals surface area contributed by atoms with Gasteiger partial charge in [-0.15, -0.1) is 0 Å². The van der Waals surface area contributed by atoms with E-state index in [0.717, 1.165) is 24.3 Å². The Bertz CT molecular complexity index is 431. The normalized spacial score (nSPS) is 12.5. The maximum absolute atomic E-state index is 5.75. The van der Waals surface area contributed by atoms with E-state index in [2.05, 4.69) is 44.1 Å². The van der Waals surface area contributed by atoms with Crippen LogP contribution in [0.5, 0.6) is 0 Å². The van der Waals surface area contributed by atoms with Gasteiger partial charge in [0.05, 0.1) is 0 Å². The molecule has 0 aliphatic rings. The molecule has 1 unspecified atom stereocenters. The van der Waals surface area contributed by atoms with Crippen molar-refractivity contribution in [3.05, 3.63) is 29.3 Å². The summed E-state index contributed by atoms with van der Waals surface area (Å²) in [6, 6.07) is 6.72. The maximum Gasteiger partial charge on any atom is 0.106 e. The van der Waals surface area contributed by atoms with Gasteiger partial charge in [0.25, 0.3) is 0 Å². The average Bonchev–Trinajstić information content (AvgIpc) is 2.37. The van der Waals surface area contributed by atoms with Crippen LogP contribution in [0.1, 0.15) is 31.4 Å². The molecule has 0 spiro atoms. The summed E-state index contributed by atoms with van der Waals surface area (Å²) in [5, 5.41) is 3.44. The predicted octanol–water partition coefficient (Wildman–Crippen LogP) is 2.77. The number of nitrogens with zero attached hydrogens (tertiary/aromatic N) is 1. The summed E-state index contributed by atoms with van der Waals surface area (Å²) in [6.07, 6.45) is 1.17. The molecular weight excluding hydrogens is 254 g/mol. The van der Waals surface area contributed by atoms with Gasteiger partial charge >= 0.3 is 0 Å². The number of benzene rings is 1. The first-order chi connectivity index (χ1) is 8.95. The molecule has 19 heavy (non-hydrogen) atoms. The van der Waals surface area contributed by atoms with Crippen LogP contribution >= 0.6 is 12.2 Å². The molecule has 0 amide bonds. The van der Waals surface area contributed by atoms with E-state index in [1.807, 2.05) is 12.1 Å². The van der Waals surface area contributed by atoms with Gasteiger partial charge < -0.3 is 16.0 Å². The first kappa shape index (κ1) is 15.9. The van der Waals surface area contributed by atoms with E-state index in [0.29, 0.717) is 11.0 Å². The van der Waals surface area contributed by atoms with Crippen molar-refractivity contribution in [1.82, 2.24) is 4.90 Å². The van der Waals surface area contributed by atoms with Crippen LogP contribution in [0.3, 0.4) is 0 Å². The van der Waals surface area contributed by atoms with E-state index >= 15 is 0 Å². The molecule has 3 nitrogen and oxygen atoms in total. The number of thiocarbonyl (C=S) groups is 1. The van der Waals surface area contributed by atoms with Gasteiger partial charge in [0.15, 0.2) is 0 Å². The third kappa shape index (κ3) is 4.80. The Morgan fingerprint density at radius 1 is 1.47 bits per heavy atom. The number of nitrogens with one attached hydrogen (secondary N) is 1. The fourth-order valence-corrected chi connectivity index (χ4v) is 2.10. The first-order valence-corrected chi connectivity index (χ1v) is 7.21. The highest BCUT2D eigenvalue weighted by atomic mass is 32.1. The minimum absolute atomic E-state index is 0.442. The third-order valence-corrected chi connectivity index (χ3v) is 3.78. The van der Waals surface area contributed by atoms with Crippen LogP contribution in [0.2, 0.25) is 0 Å². The molecule has 0 bridgehead atoms. The Morgan fingerprint density at radius 2 is 2.16 bits per heavy atom. The van der Waals surface area contributed by atoms with Crippen LogP contribution in [0.4, 0.5) is 5.69 Å². The molecule has 0 aliphatic carbocycles. The molecule has 0 radical (unpaired) electrons. The molecule has 106 valence electrons. The van der Waals surface area contributed by atoms with Gasteiger partial charge in [-0.05, 0) is 45.0 Å².